The van der Waals surface area contributed by atoms with Crippen LogP contribution in [-0.2, 0) is 24.1 Å². The molecule has 7 heteroatoms. The molecule has 0 aliphatic heterocycles. The number of anilines is 1. The Labute approximate surface area is 171 Å². The zero-order chi connectivity index (χ0) is 19.8. The molecule has 0 unspecified atom stereocenters. The number of ether oxygens (including phenoxy) is 1. The summed E-state index contributed by atoms with van der Waals surface area (Å²) in [7, 11) is 0. The maximum absolute atomic E-state index is 12.8. The summed E-state index contributed by atoms with van der Waals surface area (Å²) in [5.41, 5.74) is 12.5. The Balaban J connectivity index is 1.95. The lowest BCUT2D eigenvalue weighted by Crippen LogP contribution is -2.16. The number of nitrogen functional groups attached to an aromatic ring is 1. The fourth-order valence-electron chi connectivity index (χ4n) is 3.76. The number of carbonyl (C=O) groups excluding carboxylic acids is 1. The van der Waals surface area contributed by atoms with Gasteiger partial charge in [-0.3, -0.25) is 0 Å². The summed E-state index contributed by atoms with van der Waals surface area (Å²) in [5, 5.41) is 0. The van der Waals surface area contributed by atoms with E-state index in [9.17, 15) is 4.79 Å². The van der Waals surface area contributed by atoms with E-state index in [1.54, 1.807) is 6.20 Å². The standard InChI is InChI=1S/C21H21BrN4O2/c1-3-28-20(27)19-16(22)15-8-7-14-10-24-21(23)25-17(14)18(15)26(19)11-13-6-4-5-12(2)9-13/h4-6,9-10H,3,7-8,11H2,1-2H3,(H2,23,24,25). The molecule has 4 rings (SSSR count). The highest BCUT2D eigenvalue weighted by molar-refractivity contribution is 9.10. The Bertz CT molecular complexity index is 1070. The Kier molecular flexibility index (Phi) is 4.93. The number of hydrogen-bond donors (Lipinski definition) is 1. The summed E-state index contributed by atoms with van der Waals surface area (Å²) in [5.74, 6) is -0.122. The number of benzene rings is 1. The topological polar surface area (TPSA) is 83.0 Å². The molecule has 28 heavy (non-hydrogen) atoms. The second kappa shape index (κ2) is 7.39. The van der Waals surface area contributed by atoms with Crippen LogP contribution in [0.5, 0.6) is 0 Å². The third-order valence-corrected chi connectivity index (χ3v) is 5.80. The van der Waals surface area contributed by atoms with Crippen LogP contribution in [0.2, 0.25) is 0 Å². The van der Waals surface area contributed by atoms with Crippen LogP contribution >= 0.6 is 15.9 Å². The van der Waals surface area contributed by atoms with Gasteiger partial charge in [0.25, 0.3) is 0 Å². The molecule has 1 aliphatic rings. The van der Waals surface area contributed by atoms with Gasteiger partial charge in [0.2, 0.25) is 5.95 Å². The molecule has 0 spiro atoms. The quantitative estimate of drug-likeness (QED) is 0.621. The van der Waals surface area contributed by atoms with Crippen molar-refractivity contribution in [2.24, 2.45) is 0 Å². The van der Waals surface area contributed by atoms with Crippen LogP contribution in [0.1, 0.15) is 39.7 Å². The molecule has 0 atom stereocenters. The third-order valence-electron chi connectivity index (χ3n) is 4.94. The molecular weight excluding hydrogens is 420 g/mol. The van der Waals surface area contributed by atoms with E-state index in [2.05, 4.69) is 51.0 Å². The molecule has 0 radical (unpaired) electrons. The first kappa shape index (κ1) is 18.7. The second-order valence-corrected chi connectivity index (χ2v) is 7.68. The van der Waals surface area contributed by atoms with Gasteiger partial charge in [-0.15, -0.1) is 0 Å². The van der Waals surface area contributed by atoms with E-state index in [0.29, 0.717) is 18.8 Å². The number of rotatable bonds is 4. The molecule has 2 N–H and O–H groups in total. The number of halogens is 1. The predicted molar refractivity (Wildman–Crippen MR) is 111 cm³/mol. The summed E-state index contributed by atoms with van der Waals surface area (Å²) in [4.78, 5) is 21.5. The van der Waals surface area contributed by atoms with Crippen molar-refractivity contribution in [3.63, 3.8) is 0 Å². The number of nitrogens with zero attached hydrogens (tertiary/aromatic N) is 3. The lowest BCUT2D eigenvalue weighted by atomic mass is 9.95. The van der Waals surface area contributed by atoms with Gasteiger partial charge >= 0.3 is 5.97 Å². The minimum absolute atomic E-state index is 0.226. The van der Waals surface area contributed by atoms with Gasteiger partial charge < -0.3 is 15.0 Å². The first-order valence-corrected chi connectivity index (χ1v) is 10.0. The first-order valence-electron chi connectivity index (χ1n) is 9.24. The van der Waals surface area contributed by atoms with Crippen LogP contribution in [0.4, 0.5) is 5.95 Å². The maximum Gasteiger partial charge on any atom is 0.356 e. The van der Waals surface area contributed by atoms with Gasteiger partial charge in [-0.25, -0.2) is 14.8 Å². The summed E-state index contributed by atoms with van der Waals surface area (Å²) < 4.78 is 8.12. The molecular formula is C21H21BrN4O2. The Morgan fingerprint density at radius 3 is 2.93 bits per heavy atom. The predicted octanol–water partition coefficient (Wildman–Crippen LogP) is 3.92. The minimum Gasteiger partial charge on any atom is -0.461 e. The van der Waals surface area contributed by atoms with Gasteiger partial charge in [0, 0.05) is 12.7 Å². The fraction of sp³-hybridized carbons (Fsp3) is 0.286. The van der Waals surface area contributed by atoms with Gasteiger partial charge in [0.05, 0.1) is 22.5 Å². The summed E-state index contributed by atoms with van der Waals surface area (Å²) in [6, 6.07) is 8.25. The van der Waals surface area contributed by atoms with E-state index < -0.39 is 0 Å². The molecule has 144 valence electrons. The van der Waals surface area contributed by atoms with E-state index in [0.717, 1.165) is 45.4 Å². The average Bonchev–Trinajstić information content (AvgIpc) is 2.94. The van der Waals surface area contributed by atoms with Crippen molar-refractivity contribution in [3.05, 3.63) is 62.9 Å². The SMILES string of the molecule is CCOC(=O)c1c(Br)c2c(n1Cc1cccc(C)c1)-c1nc(N)ncc1CC2. The summed E-state index contributed by atoms with van der Waals surface area (Å²) in [6.45, 7) is 4.72. The van der Waals surface area contributed by atoms with Gasteiger partial charge in [-0.05, 0) is 59.3 Å². The highest BCUT2D eigenvalue weighted by Gasteiger charge is 2.32. The highest BCUT2D eigenvalue weighted by Crippen LogP contribution is 2.41. The van der Waals surface area contributed by atoms with Crippen LogP contribution in [0.3, 0.4) is 0 Å². The molecule has 0 saturated carbocycles. The highest BCUT2D eigenvalue weighted by atomic mass is 79.9. The van der Waals surface area contributed by atoms with Crippen LogP contribution in [0, 0.1) is 6.92 Å². The van der Waals surface area contributed by atoms with Crippen LogP contribution < -0.4 is 5.73 Å². The van der Waals surface area contributed by atoms with Crippen molar-refractivity contribution < 1.29 is 9.53 Å². The number of hydrogen-bond acceptors (Lipinski definition) is 5. The average molecular weight is 441 g/mol. The Morgan fingerprint density at radius 2 is 2.18 bits per heavy atom. The van der Waals surface area contributed by atoms with Gasteiger partial charge in [-0.2, -0.15) is 0 Å². The third kappa shape index (κ3) is 3.20. The molecule has 0 fully saturated rings. The largest absolute Gasteiger partial charge is 0.461 e. The molecule has 0 amide bonds. The molecule has 2 heterocycles. The number of fused-ring (bicyclic) bond motifs is 3. The van der Waals surface area contributed by atoms with E-state index >= 15 is 0 Å². The molecule has 2 aromatic heterocycles. The van der Waals surface area contributed by atoms with Gasteiger partial charge in [0.15, 0.2) is 0 Å². The van der Waals surface area contributed by atoms with Crippen molar-refractivity contribution >= 4 is 27.8 Å². The number of esters is 1. The van der Waals surface area contributed by atoms with Gasteiger partial charge in [0.1, 0.15) is 5.69 Å². The number of aryl methyl sites for hydroxylation is 2. The van der Waals surface area contributed by atoms with E-state index in [1.165, 1.54) is 5.56 Å². The molecule has 1 aromatic carbocycles. The van der Waals surface area contributed by atoms with Crippen LogP contribution in [0.15, 0.2) is 34.9 Å². The van der Waals surface area contributed by atoms with E-state index in [-0.39, 0.29) is 11.9 Å². The number of aromatic nitrogens is 3. The molecule has 1 aliphatic carbocycles. The summed E-state index contributed by atoms with van der Waals surface area (Å²) >= 11 is 3.66. The monoisotopic (exact) mass is 440 g/mol. The van der Waals surface area contributed by atoms with E-state index in [4.69, 9.17) is 10.5 Å². The molecule has 3 aromatic rings. The van der Waals surface area contributed by atoms with Crippen LogP contribution in [0.25, 0.3) is 11.4 Å². The minimum atomic E-state index is -0.347. The maximum atomic E-state index is 12.8. The Morgan fingerprint density at radius 1 is 1.36 bits per heavy atom. The zero-order valence-corrected chi connectivity index (χ0v) is 17.4. The smallest absolute Gasteiger partial charge is 0.356 e. The van der Waals surface area contributed by atoms with Crippen LogP contribution in [-0.4, -0.2) is 27.1 Å². The van der Waals surface area contributed by atoms with Gasteiger partial charge in [-0.1, -0.05) is 29.8 Å². The van der Waals surface area contributed by atoms with Crippen molar-refractivity contribution in [1.29, 1.82) is 0 Å². The zero-order valence-electron chi connectivity index (χ0n) is 15.8. The van der Waals surface area contributed by atoms with E-state index in [1.807, 2.05) is 17.6 Å². The molecule has 6 nitrogen and oxygen atoms in total. The molecule has 0 saturated heterocycles. The number of carbonyl (C=O) groups is 1. The lowest BCUT2D eigenvalue weighted by molar-refractivity contribution is 0.0513. The molecule has 0 bridgehead atoms. The lowest BCUT2D eigenvalue weighted by Gasteiger charge is -2.19. The Hall–Kier alpha value is -2.67. The van der Waals surface area contributed by atoms with Crippen molar-refractivity contribution in [2.75, 3.05) is 12.3 Å². The summed E-state index contributed by atoms with van der Waals surface area (Å²) in [6.07, 6.45) is 3.38. The number of nitrogens with two attached hydrogens (primary N) is 1. The van der Waals surface area contributed by atoms with Crippen molar-refractivity contribution in [2.45, 2.75) is 33.2 Å². The second-order valence-electron chi connectivity index (χ2n) is 6.89. The normalized spacial score (nSPS) is 12.4. The van der Waals surface area contributed by atoms with Crippen molar-refractivity contribution in [3.8, 4) is 11.4 Å². The fourth-order valence-corrected chi connectivity index (χ4v) is 4.52. The first-order chi connectivity index (χ1) is 13.5. The van der Waals surface area contributed by atoms with Crippen molar-refractivity contribution in [1.82, 2.24) is 14.5 Å².